The summed E-state index contributed by atoms with van der Waals surface area (Å²) in [6.45, 7) is 0.348. The first-order valence-electron chi connectivity index (χ1n) is 5.54. The van der Waals surface area contributed by atoms with Crippen molar-refractivity contribution in [3.05, 3.63) is 63.6 Å². The minimum Gasteiger partial charge on any atom is -0.487 e. The number of amides is 1. The Morgan fingerprint density at radius 2 is 1.79 bits per heavy atom. The van der Waals surface area contributed by atoms with Gasteiger partial charge in [-0.25, -0.2) is 0 Å². The summed E-state index contributed by atoms with van der Waals surface area (Å²) in [5.41, 5.74) is 6.30. The molecule has 0 aliphatic rings. The smallest absolute Gasteiger partial charge is 0.251 e. The van der Waals surface area contributed by atoms with E-state index in [1.165, 1.54) is 6.07 Å². The van der Waals surface area contributed by atoms with Crippen LogP contribution in [0.5, 0.6) is 5.75 Å². The lowest BCUT2D eigenvalue weighted by atomic mass is 10.2. The largest absolute Gasteiger partial charge is 0.487 e. The number of primary amides is 1. The number of ether oxygens (including phenoxy) is 1. The summed E-state index contributed by atoms with van der Waals surface area (Å²) in [4.78, 5) is 11.3. The molecule has 1 amide bonds. The minimum absolute atomic E-state index is 0.0777. The van der Waals surface area contributed by atoms with E-state index in [2.05, 4.69) is 0 Å². The zero-order valence-electron chi connectivity index (χ0n) is 9.90. The van der Waals surface area contributed by atoms with Gasteiger partial charge in [0, 0.05) is 0 Å². The molecule has 5 heteroatoms. The Morgan fingerprint density at radius 1 is 1.11 bits per heavy atom. The van der Waals surface area contributed by atoms with Crippen molar-refractivity contribution >= 4 is 29.1 Å². The van der Waals surface area contributed by atoms with Crippen LogP contribution in [-0.2, 0) is 6.61 Å². The first-order chi connectivity index (χ1) is 9.09. The summed E-state index contributed by atoms with van der Waals surface area (Å²) >= 11 is 11.9. The summed E-state index contributed by atoms with van der Waals surface area (Å²) in [6, 6.07) is 12.8. The average Bonchev–Trinajstić information content (AvgIpc) is 2.38. The second-order valence-corrected chi connectivity index (χ2v) is 4.66. The lowest BCUT2D eigenvalue weighted by molar-refractivity contribution is 0.1000. The number of hydrogen-bond donors (Lipinski definition) is 1. The molecule has 0 radical (unpaired) electrons. The van der Waals surface area contributed by atoms with Crippen molar-refractivity contribution in [1.82, 2.24) is 0 Å². The van der Waals surface area contributed by atoms with E-state index in [0.29, 0.717) is 12.4 Å². The van der Waals surface area contributed by atoms with Crippen LogP contribution in [0.2, 0.25) is 10.0 Å². The highest BCUT2D eigenvalue weighted by atomic mass is 35.5. The molecule has 0 aliphatic heterocycles. The van der Waals surface area contributed by atoms with Crippen molar-refractivity contribution < 1.29 is 9.53 Å². The number of carbonyl (C=O) groups is 1. The van der Waals surface area contributed by atoms with Crippen molar-refractivity contribution in [2.24, 2.45) is 5.73 Å². The van der Waals surface area contributed by atoms with Crippen molar-refractivity contribution in [3.63, 3.8) is 0 Å². The van der Waals surface area contributed by atoms with Gasteiger partial charge in [-0.3, -0.25) is 4.79 Å². The number of rotatable bonds is 4. The first kappa shape index (κ1) is 13.7. The minimum atomic E-state index is -0.680. The zero-order valence-corrected chi connectivity index (χ0v) is 11.4. The van der Waals surface area contributed by atoms with Gasteiger partial charge in [-0.05, 0) is 17.7 Å². The number of hydrogen-bond acceptors (Lipinski definition) is 2. The van der Waals surface area contributed by atoms with Crippen LogP contribution in [0.1, 0.15) is 15.9 Å². The topological polar surface area (TPSA) is 52.3 Å². The third kappa shape index (κ3) is 3.19. The molecule has 0 unspecified atom stereocenters. The van der Waals surface area contributed by atoms with E-state index >= 15 is 0 Å². The molecular weight excluding hydrogens is 285 g/mol. The maximum atomic E-state index is 11.3. The summed E-state index contributed by atoms with van der Waals surface area (Å²) in [7, 11) is 0. The molecule has 0 heterocycles. The fraction of sp³-hybridized carbons (Fsp3) is 0.0714. The Bertz CT molecular complexity index is 600. The SMILES string of the molecule is NC(=O)c1c(Cl)ccc(OCc2ccccc2)c1Cl. The molecule has 0 aliphatic carbocycles. The van der Waals surface area contributed by atoms with Crippen molar-refractivity contribution in [2.75, 3.05) is 0 Å². The standard InChI is InChI=1S/C14H11Cl2NO2/c15-10-6-7-11(13(16)12(10)14(17)18)19-8-9-4-2-1-3-5-9/h1-7H,8H2,(H2,17,18). The Kier molecular flexibility index (Phi) is 4.30. The third-order valence-electron chi connectivity index (χ3n) is 2.54. The predicted molar refractivity (Wildman–Crippen MR) is 75.8 cm³/mol. The molecular formula is C14H11Cl2NO2. The maximum absolute atomic E-state index is 11.3. The van der Waals surface area contributed by atoms with Gasteiger partial charge in [-0.1, -0.05) is 53.5 Å². The number of nitrogens with two attached hydrogens (primary N) is 1. The summed E-state index contributed by atoms with van der Waals surface area (Å²) < 4.78 is 5.57. The van der Waals surface area contributed by atoms with Crippen molar-refractivity contribution in [1.29, 1.82) is 0 Å². The molecule has 0 fully saturated rings. The summed E-state index contributed by atoms with van der Waals surface area (Å²) in [5, 5.41) is 0.348. The van der Waals surface area contributed by atoms with E-state index in [9.17, 15) is 4.79 Å². The molecule has 2 rings (SSSR count). The van der Waals surface area contributed by atoms with E-state index in [1.54, 1.807) is 6.07 Å². The lowest BCUT2D eigenvalue weighted by Crippen LogP contribution is -2.13. The van der Waals surface area contributed by atoms with Gasteiger partial charge >= 0.3 is 0 Å². The molecule has 0 saturated heterocycles. The Hall–Kier alpha value is -1.71. The fourth-order valence-electron chi connectivity index (χ4n) is 1.61. The third-order valence-corrected chi connectivity index (χ3v) is 3.23. The summed E-state index contributed by atoms with van der Waals surface area (Å²) in [6.07, 6.45) is 0. The number of carbonyl (C=O) groups excluding carboxylic acids is 1. The van der Waals surface area contributed by atoms with Gasteiger partial charge in [0.05, 0.1) is 15.6 Å². The van der Waals surface area contributed by atoms with Gasteiger partial charge in [0.1, 0.15) is 12.4 Å². The maximum Gasteiger partial charge on any atom is 0.251 e. The molecule has 0 spiro atoms. The molecule has 0 aromatic heterocycles. The van der Waals surface area contributed by atoms with Crippen LogP contribution < -0.4 is 10.5 Å². The zero-order chi connectivity index (χ0) is 13.8. The number of benzene rings is 2. The van der Waals surface area contributed by atoms with E-state index in [1.807, 2.05) is 30.3 Å². The average molecular weight is 296 g/mol. The van der Waals surface area contributed by atoms with Crippen molar-refractivity contribution in [3.8, 4) is 5.75 Å². The lowest BCUT2D eigenvalue weighted by Gasteiger charge is -2.11. The molecule has 2 aromatic rings. The van der Waals surface area contributed by atoms with Gasteiger partial charge in [-0.2, -0.15) is 0 Å². The number of halogens is 2. The van der Waals surface area contributed by atoms with Crippen LogP contribution in [0.25, 0.3) is 0 Å². The van der Waals surface area contributed by atoms with Crippen LogP contribution in [0.3, 0.4) is 0 Å². The predicted octanol–water partition coefficient (Wildman–Crippen LogP) is 3.67. The Morgan fingerprint density at radius 3 is 2.42 bits per heavy atom. The highest BCUT2D eigenvalue weighted by Crippen LogP contribution is 2.33. The molecule has 98 valence electrons. The van der Waals surface area contributed by atoms with Gasteiger partial charge in [0.25, 0.3) is 5.91 Å². The molecule has 3 nitrogen and oxygen atoms in total. The highest BCUT2D eigenvalue weighted by Gasteiger charge is 2.16. The second-order valence-electron chi connectivity index (χ2n) is 3.87. The highest BCUT2D eigenvalue weighted by molar-refractivity contribution is 6.40. The summed E-state index contributed by atoms with van der Waals surface area (Å²) in [5.74, 6) is -0.302. The normalized spacial score (nSPS) is 10.2. The quantitative estimate of drug-likeness (QED) is 0.935. The van der Waals surface area contributed by atoms with Crippen molar-refractivity contribution in [2.45, 2.75) is 6.61 Å². The van der Waals surface area contributed by atoms with Gasteiger partial charge in [0.15, 0.2) is 0 Å². The molecule has 2 N–H and O–H groups in total. The van der Waals surface area contributed by atoms with Crippen LogP contribution in [-0.4, -0.2) is 5.91 Å². The van der Waals surface area contributed by atoms with Gasteiger partial charge in [-0.15, -0.1) is 0 Å². The molecule has 2 aromatic carbocycles. The van der Waals surface area contributed by atoms with Gasteiger partial charge < -0.3 is 10.5 Å². The Balaban J connectivity index is 2.22. The van der Waals surface area contributed by atoms with Crippen LogP contribution in [0, 0.1) is 0 Å². The Labute approximate surface area is 120 Å². The van der Waals surface area contributed by atoms with Crippen LogP contribution in [0.4, 0.5) is 0 Å². The van der Waals surface area contributed by atoms with E-state index in [4.69, 9.17) is 33.7 Å². The first-order valence-corrected chi connectivity index (χ1v) is 6.29. The monoisotopic (exact) mass is 295 g/mol. The second kappa shape index (κ2) is 5.95. The molecule has 0 atom stereocenters. The molecule has 19 heavy (non-hydrogen) atoms. The van der Waals surface area contributed by atoms with Crippen LogP contribution in [0.15, 0.2) is 42.5 Å². The fourth-order valence-corrected chi connectivity index (χ4v) is 2.22. The van der Waals surface area contributed by atoms with Gasteiger partial charge in [0.2, 0.25) is 0 Å². The molecule has 0 bridgehead atoms. The van der Waals surface area contributed by atoms with E-state index in [-0.39, 0.29) is 15.6 Å². The molecule has 0 saturated carbocycles. The van der Waals surface area contributed by atoms with Crippen LogP contribution >= 0.6 is 23.2 Å². The van der Waals surface area contributed by atoms with E-state index in [0.717, 1.165) is 5.56 Å². The van der Waals surface area contributed by atoms with E-state index < -0.39 is 5.91 Å².